The van der Waals surface area contributed by atoms with Gasteiger partial charge in [0, 0.05) is 29.0 Å². The number of aliphatic hydroxyl groups excluding tert-OH is 1. The van der Waals surface area contributed by atoms with Crippen LogP contribution in [-0.4, -0.2) is 37.6 Å². The third-order valence-corrected chi connectivity index (χ3v) is 7.42. The van der Waals surface area contributed by atoms with Crippen molar-refractivity contribution in [3.05, 3.63) is 58.1 Å². The van der Waals surface area contributed by atoms with Gasteiger partial charge in [-0.05, 0) is 49.3 Å². The minimum atomic E-state index is -0.574. The number of benzene rings is 1. The molecule has 0 saturated heterocycles. The summed E-state index contributed by atoms with van der Waals surface area (Å²) in [5.74, 6) is 0.208. The molecule has 5 nitrogen and oxygen atoms in total. The van der Waals surface area contributed by atoms with Crippen LogP contribution in [0.15, 0.2) is 52.5 Å². The number of amides is 1. The van der Waals surface area contributed by atoms with Crippen molar-refractivity contribution < 1.29 is 19.4 Å². The second kappa shape index (κ2) is 9.99. The summed E-state index contributed by atoms with van der Waals surface area (Å²) in [5, 5.41) is 14.1. The number of carbonyl (C=O) groups is 1. The van der Waals surface area contributed by atoms with E-state index in [0.29, 0.717) is 19.6 Å². The van der Waals surface area contributed by atoms with Crippen molar-refractivity contribution in [2.24, 2.45) is 22.7 Å². The molecule has 6 heteroatoms. The van der Waals surface area contributed by atoms with Gasteiger partial charge in [-0.25, -0.2) is 0 Å². The largest absolute Gasteiger partial charge is 0.392 e. The first kappa shape index (κ1) is 24.2. The average molecular weight is 492 g/mol. The molecule has 0 unspecified atom stereocenters. The molecule has 1 aromatic carbocycles. The molecule has 0 saturated carbocycles. The molecule has 0 bridgehead atoms. The van der Waals surface area contributed by atoms with E-state index in [0.717, 1.165) is 16.5 Å². The number of allylic oxidation sites excluding steroid dienone is 2. The Kier molecular flexibility index (Phi) is 7.79. The number of carbonyl (C=O) groups excluding carboxylic acids is 1. The van der Waals surface area contributed by atoms with E-state index in [9.17, 15) is 9.90 Å². The lowest BCUT2D eigenvalue weighted by molar-refractivity contribution is -0.133. The number of fused-ring (bicyclic) bond motifs is 1. The number of methoxy groups -OCH3 is 1. The first-order valence-corrected chi connectivity index (χ1v) is 11.6. The van der Waals surface area contributed by atoms with Crippen molar-refractivity contribution >= 4 is 21.8 Å². The maximum absolute atomic E-state index is 13.1. The summed E-state index contributed by atoms with van der Waals surface area (Å²) in [6, 6.07) is 7.96. The Morgan fingerprint density at radius 1 is 1.32 bits per heavy atom. The highest BCUT2D eigenvalue weighted by molar-refractivity contribution is 9.10. The molecule has 0 fully saturated rings. The van der Waals surface area contributed by atoms with Gasteiger partial charge in [-0.3, -0.25) is 4.79 Å². The van der Waals surface area contributed by atoms with E-state index in [1.807, 2.05) is 38.1 Å². The molecule has 2 aliphatic rings. The molecule has 1 aromatic rings. The number of hydrogen-bond donors (Lipinski definition) is 2. The Balaban J connectivity index is 1.74. The van der Waals surface area contributed by atoms with Crippen LogP contribution < -0.4 is 5.32 Å². The number of halogens is 1. The fraction of sp³-hybridized carbons (Fsp3) is 0.560. The third-order valence-electron chi connectivity index (χ3n) is 6.89. The average Bonchev–Trinajstić information content (AvgIpc) is 2.73. The second-order valence-electron chi connectivity index (χ2n) is 9.44. The minimum absolute atomic E-state index is 0.0326. The minimum Gasteiger partial charge on any atom is -0.392 e. The zero-order chi connectivity index (χ0) is 22.6. The molecule has 2 N–H and O–H groups in total. The number of hydrogen-bond acceptors (Lipinski definition) is 4. The molecule has 0 radical (unpaired) electrons. The Labute approximate surface area is 194 Å². The highest BCUT2D eigenvalue weighted by Crippen LogP contribution is 2.51. The lowest BCUT2D eigenvalue weighted by Gasteiger charge is -2.49. The van der Waals surface area contributed by atoms with Crippen LogP contribution in [0.4, 0.5) is 0 Å². The van der Waals surface area contributed by atoms with Crippen molar-refractivity contribution in [1.29, 1.82) is 0 Å². The summed E-state index contributed by atoms with van der Waals surface area (Å²) in [7, 11) is 1.60. The van der Waals surface area contributed by atoms with Gasteiger partial charge in [-0.15, -0.1) is 0 Å². The van der Waals surface area contributed by atoms with Crippen molar-refractivity contribution in [2.75, 3.05) is 20.5 Å². The van der Waals surface area contributed by atoms with Gasteiger partial charge in [0.2, 0.25) is 5.91 Å². The predicted octanol–water partition coefficient (Wildman–Crippen LogP) is 4.60. The SMILES string of the molecule is COCOC[C@@]12C=C[C@@H](C(C)(C)C(=O)NCc3ccc(Br)cc3)C[C@@H]1C=C(C)C[C@@H]2O. The zero-order valence-electron chi connectivity index (χ0n) is 18.9. The molecule has 31 heavy (non-hydrogen) atoms. The maximum atomic E-state index is 13.1. The first-order chi connectivity index (χ1) is 14.7. The molecule has 2 aliphatic carbocycles. The molecule has 0 aromatic heterocycles. The molecule has 4 atom stereocenters. The number of aliphatic hydroxyl groups is 1. The lowest BCUT2D eigenvalue weighted by atomic mass is 9.57. The molecule has 170 valence electrons. The molecule has 3 rings (SSSR count). The van der Waals surface area contributed by atoms with Crippen molar-refractivity contribution in [2.45, 2.75) is 46.3 Å². The number of nitrogens with one attached hydrogen (secondary N) is 1. The van der Waals surface area contributed by atoms with Gasteiger partial charge < -0.3 is 19.9 Å². The summed E-state index contributed by atoms with van der Waals surface area (Å²) < 4.78 is 11.8. The monoisotopic (exact) mass is 491 g/mol. The van der Waals surface area contributed by atoms with E-state index in [2.05, 4.69) is 46.4 Å². The Morgan fingerprint density at radius 2 is 2.03 bits per heavy atom. The van der Waals surface area contributed by atoms with Gasteiger partial charge in [-0.2, -0.15) is 0 Å². The first-order valence-electron chi connectivity index (χ1n) is 10.8. The normalized spacial score (nSPS) is 28.1. The van der Waals surface area contributed by atoms with E-state index >= 15 is 0 Å². The van der Waals surface area contributed by atoms with Crippen LogP contribution in [0.2, 0.25) is 0 Å². The summed E-state index contributed by atoms with van der Waals surface area (Å²) >= 11 is 3.44. The summed E-state index contributed by atoms with van der Waals surface area (Å²) in [6.07, 6.45) is 7.39. The van der Waals surface area contributed by atoms with Gasteiger partial charge >= 0.3 is 0 Å². The van der Waals surface area contributed by atoms with E-state index in [-0.39, 0.29) is 24.5 Å². The Hall–Kier alpha value is -1.47. The van der Waals surface area contributed by atoms with Gasteiger partial charge in [0.15, 0.2) is 0 Å². The predicted molar refractivity (Wildman–Crippen MR) is 125 cm³/mol. The van der Waals surface area contributed by atoms with Crippen LogP contribution in [0.3, 0.4) is 0 Å². The molecular formula is C25H34BrNO4. The van der Waals surface area contributed by atoms with Gasteiger partial charge in [0.05, 0.1) is 12.7 Å². The van der Waals surface area contributed by atoms with Crippen molar-refractivity contribution in [3.8, 4) is 0 Å². The van der Waals surface area contributed by atoms with Crippen LogP contribution in [0.1, 0.15) is 39.2 Å². The smallest absolute Gasteiger partial charge is 0.226 e. The fourth-order valence-electron chi connectivity index (χ4n) is 4.75. The van der Waals surface area contributed by atoms with Crippen LogP contribution in [-0.2, 0) is 20.8 Å². The van der Waals surface area contributed by atoms with Crippen LogP contribution in [0.5, 0.6) is 0 Å². The van der Waals surface area contributed by atoms with Gasteiger partial charge in [0.1, 0.15) is 6.79 Å². The fourth-order valence-corrected chi connectivity index (χ4v) is 5.01. The molecule has 0 heterocycles. The van der Waals surface area contributed by atoms with Gasteiger partial charge in [-0.1, -0.05) is 65.7 Å². The topological polar surface area (TPSA) is 67.8 Å². The number of ether oxygens (including phenoxy) is 2. The van der Waals surface area contributed by atoms with Crippen LogP contribution in [0.25, 0.3) is 0 Å². The van der Waals surface area contributed by atoms with E-state index < -0.39 is 16.9 Å². The molecule has 0 aliphatic heterocycles. The van der Waals surface area contributed by atoms with Gasteiger partial charge in [0.25, 0.3) is 0 Å². The summed E-state index contributed by atoms with van der Waals surface area (Å²) in [6.45, 7) is 7.17. The Morgan fingerprint density at radius 3 is 2.71 bits per heavy atom. The zero-order valence-corrected chi connectivity index (χ0v) is 20.4. The van der Waals surface area contributed by atoms with E-state index in [4.69, 9.17) is 9.47 Å². The molecule has 0 spiro atoms. The molecule has 1 amide bonds. The van der Waals surface area contributed by atoms with E-state index in [1.54, 1.807) is 7.11 Å². The standard InChI is InChI=1S/C25H34BrNO4/c1-17-11-20-13-19(9-10-25(20,22(28)12-17)15-31-16-30-4)24(2,3)23(29)27-14-18-5-7-21(26)8-6-18/h5-11,19-20,22,28H,12-16H2,1-4H3,(H,27,29)/t19-,20+,22+,25+/m1/s1. The van der Waals surface area contributed by atoms with E-state index in [1.165, 1.54) is 5.57 Å². The second-order valence-corrected chi connectivity index (χ2v) is 10.4. The highest BCUT2D eigenvalue weighted by atomic mass is 79.9. The third kappa shape index (κ3) is 5.30. The Bertz CT molecular complexity index is 832. The van der Waals surface area contributed by atoms with Crippen molar-refractivity contribution in [1.82, 2.24) is 5.32 Å². The quantitative estimate of drug-likeness (QED) is 0.316. The number of rotatable bonds is 8. The summed E-state index contributed by atoms with van der Waals surface area (Å²) in [5.41, 5.74) is 1.20. The highest BCUT2D eigenvalue weighted by Gasteiger charge is 2.50. The maximum Gasteiger partial charge on any atom is 0.226 e. The molecular weight excluding hydrogens is 458 g/mol. The van der Waals surface area contributed by atoms with Crippen LogP contribution in [0, 0.1) is 22.7 Å². The van der Waals surface area contributed by atoms with Crippen molar-refractivity contribution in [3.63, 3.8) is 0 Å². The lowest BCUT2D eigenvalue weighted by Crippen LogP contribution is -2.51. The van der Waals surface area contributed by atoms with Crippen LogP contribution >= 0.6 is 15.9 Å². The summed E-state index contributed by atoms with van der Waals surface area (Å²) in [4.78, 5) is 13.1.